The van der Waals surface area contributed by atoms with Crippen molar-refractivity contribution < 1.29 is 14.3 Å². The molecular formula is C25H27N3O3. The normalized spacial score (nSPS) is 10.3. The highest BCUT2D eigenvalue weighted by Crippen LogP contribution is 2.19. The molecular weight excluding hydrogens is 390 g/mol. The zero-order valence-electron chi connectivity index (χ0n) is 17.8. The molecule has 0 aliphatic heterocycles. The fraction of sp³-hybridized carbons (Fsp3) is 0.200. The first-order chi connectivity index (χ1) is 15.0. The molecule has 0 radical (unpaired) electrons. The third kappa shape index (κ3) is 6.60. The first-order valence-electron chi connectivity index (χ1n) is 10.2. The minimum Gasteiger partial charge on any atom is -0.494 e. The molecule has 0 bridgehead atoms. The third-order valence-electron chi connectivity index (χ3n) is 4.69. The number of hydrogen-bond acceptors (Lipinski definition) is 4. The maximum atomic E-state index is 12.2. The highest BCUT2D eigenvalue weighted by Gasteiger charge is 2.09. The summed E-state index contributed by atoms with van der Waals surface area (Å²) >= 11 is 0. The SMILES string of the molecule is CCOc1ccc(C(=O)NCC(=O)Nc2ccc(N(C)Cc3ccccc3)cc2)cc1. The summed E-state index contributed by atoms with van der Waals surface area (Å²) in [6, 6.07) is 24.6. The van der Waals surface area contributed by atoms with Gasteiger partial charge in [-0.05, 0) is 61.0 Å². The third-order valence-corrected chi connectivity index (χ3v) is 4.69. The molecule has 6 heteroatoms. The number of hydrogen-bond donors (Lipinski definition) is 2. The Hall–Kier alpha value is -3.80. The summed E-state index contributed by atoms with van der Waals surface area (Å²) in [6.07, 6.45) is 0. The van der Waals surface area contributed by atoms with Crippen LogP contribution >= 0.6 is 0 Å². The topological polar surface area (TPSA) is 70.7 Å². The molecule has 0 aromatic heterocycles. The Morgan fingerprint density at radius 1 is 0.903 bits per heavy atom. The molecule has 6 nitrogen and oxygen atoms in total. The molecule has 2 N–H and O–H groups in total. The van der Waals surface area contributed by atoms with Gasteiger partial charge in [0.2, 0.25) is 5.91 Å². The number of carbonyl (C=O) groups is 2. The number of anilines is 2. The smallest absolute Gasteiger partial charge is 0.251 e. The van der Waals surface area contributed by atoms with Crippen molar-refractivity contribution in [3.63, 3.8) is 0 Å². The van der Waals surface area contributed by atoms with Gasteiger partial charge in [-0.2, -0.15) is 0 Å². The monoisotopic (exact) mass is 417 g/mol. The highest BCUT2D eigenvalue weighted by atomic mass is 16.5. The summed E-state index contributed by atoms with van der Waals surface area (Å²) in [4.78, 5) is 26.5. The van der Waals surface area contributed by atoms with Crippen LogP contribution in [0.1, 0.15) is 22.8 Å². The first-order valence-corrected chi connectivity index (χ1v) is 10.2. The van der Waals surface area contributed by atoms with Crippen molar-refractivity contribution in [1.29, 1.82) is 0 Å². The summed E-state index contributed by atoms with van der Waals surface area (Å²) in [6.45, 7) is 3.15. The van der Waals surface area contributed by atoms with Gasteiger partial charge in [0.15, 0.2) is 0 Å². The van der Waals surface area contributed by atoms with Gasteiger partial charge in [-0.15, -0.1) is 0 Å². The van der Waals surface area contributed by atoms with Crippen LogP contribution in [0, 0.1) is 0 Å². The van der Waals surface area contributed by atoms with Gasteiger partial charge in [0.1, 0.15) is 5.75 Å². The Morgan fingerprint density at radius 3 is 2.23 bits per heavy atom. The van der Waals surface area contributed by atoms with E-state index in [1.165, 1.54) is 5.56 Å². The van der Waals surface area contributed by atoms with Gasteiger partial charge in [-0.3, -0.25) is 9.59 Å². The molecule has 0 unspecified atom stereocenters. The molecule has 2 amide bonds. The second-order valence-corrected chi connectivity index (χ2v) is 7.08. The molecule has 160 valence electrons. The minimum absolute atomic E-state index is 0.109. The quantitative estimate of drug-likeness (QED) is 0.550. The van der Waals surface area contributed by atoms with E-state index in [0.717, 1.165) is 12.2 Å². The number of ether oxygens (including phenoxy) is 1. The Kier molecular flexibility index (Phi) is 7.65. The number of benzene rings is 3. The van der Waals surface area contributed by atoms with Crippen molar-refractivity contribution in [1.82, 2.24) is 5.32 Å². The van der Waals surface area contributed by atoms with Crippen LogP contribution < -0.4 is 20.3 Å². The van der Waals surface area contributed by atoms with E-state index in [-0.39, 0.29) is 18.4 Å². The number of nitrogens with zero attached hydrogens (tertiary/aromatic N) is 1. The van der Waals surface area contributed by atoms with Crippen LogP contribution in [0.5, 0.6) is 5.75 Å². The van der Waals surface area contributed by atoms with Crippen LogP contribution in [0.4, 0.5) is 11.4 Å². The van der Waals surface area contributed by atoms with Crippen LogP contribution in [0.25, 0.3) is 0 Å². The van der Waals surface area contributed by atoms with Gasteiger partial charge in [-0.1, -0.05) is 30.3 Å². The van der Waals surface area contributed by atoms with Crippen LogP contribution in [-0.2, 0) is 11.3 Å². The Morgan fingerprint density at radius 2 is 1.58 bits per heavy atom. The predicted molar refractivity (Wildman–Crippen MR) is 124 cm³/mol. The van der Waals surface area contributed by atoms with Gasteiger partial charge in [-0.25, -0.2) is 0 Å². The Balaban J connectivity index is 1.47. The summed E-state index contributed by atoms with van der Waals surface area (Å²) in [5.41, 5.74) is 3.43. The number of amides is 2. The van der Waals surface area contributed by atoms with Crippen LogP contribution in [0.2, 0.25) is 0 Å². The molecule has 3 rings (SSSR count). The lowest BCUT2D eigenvalue weighted by atomic mass is 10.2. The van der Waals surface area contributed by atoms with E-state index in [1.807, 2.05) is 56.4 Å². The molecule has 0 spiro atoms. The lowest BCUT2D eigenvalue weighted by Gasteiger charge is -2.20. The van der Waals surface area contributed by atoms with Gasteiger partial charge in [0.05, 0.1) is 13.2 Å². The lowest BCUT2D eigenvalue weighted by Crippen LogP contribution is -2.32. The second kappa shape index (κ2) is 10.8. The molecule has 0 aliphatic carbocycles. The number of nitrogens with one attached hydrogen (secondary N) is 2. The van der Waals surface area contributed by atoms with Crippen molar-refractivity contribution in [2.45, 2.75) is 13.5 Å². The largest absolute Gasteiger partial charge is 0.494 e. The molecule has 0 fully saturated rings. The summed E-state index contributed by atoms with van der Waals surface area (Å²) in [7, 11) is 2.02. The van der Waals surface area contributed by atoms with E-state index in [2.05, 4.69) is 27.7 Å². The number of carbonyl (C=O) groups excluding carboxylic acids is 2. The lowest BCUT2D eigenvalue weighted by molar-refractivity contribution is -0.115. The standard InChI is InChI=1S/C25H27N3O3/c1-3-31-23-15-9-20(10-16-23)25(30)26-17-24(29)27-21-11-13-22(14-12-21)28(2)18-19-7-5-4-6-8-19/h4-16H,3,17-18H2,1-2H3,(H,26,30)(H,27,29). The minimum atomic E-state index is -0.309. The number of rotatable bonds is 9. The zero-order chi connectivity index (χ0) is 22.1. The zero-order valence-corrected chi connectivity index (χ0v) is 17.8. The van der Waals surface area contributed by atoms with Crippen molar-refractivity contribution in [2.75, 3.05) is 30.4 Å². The summed E-state index contributed by atoms with van der Waals surface area (Å²) < 4.78 is 5.36. The summed E-state index contributed by atoms with van der Waals surface area (Å²) in [5, 5.41) is 5.43. The molecule has 0 heterocycles. The Labute approximate surface area is 182 Å². The molecule has 31 heavy (non-hydrogen) atoms. The van der Waals surface area contributed by atoms with E-state index < -0.39 is 0 Å². The van der Waals surface area contributed by atoms with Gasteiger partial charge < -0.3 is 20.3 Å². The maximum Gasteiger partial charge on any atom is 0.251 e. The van der Waals surface area contributed by atoms with Crippen LogP contribution in [-0.4, -0.2) is 32.0 Å². The second-order valence-electron chi connectivity index (χ2n) is 7.08. The highest BCUT2D eigenvalue weighted by molar-refractivity contribution is 5.99. The van der Waals surface area contributed by atoms with Crippen molar-refractivity contribution in [3.8, 4) is 5.75 Å². The fourth-order valence-corrected chi connectivity index (χ4v) is 3.08. The molecule has 3 aromatic rings. The van der Waals surface area contributed by atoms with E-state index in [4.69, 9.17) is 4.74 Å². The van der Waals surface area contributed by atoms with Crippen molar-refractivity contribution in [2.24, 2.45) is 0 Å². The molecule has 0 saturated carbocycles. The van der Waals surface area contributed by atoms with Crippen molar-refractivity contribution >= 4 is 23.2 Å². The van der Waals surface area contributed by atoms with E-state index in [1.54, 1.807) is 24.3 Å². The van der Waals surface area contributed by atoms with Crippen LogP contribution in [0.3, 0.4) is 0 Å². The average molecular weight is 418 g/mol. The van der Waals surface area contributed by atoms with Gasteiger partial charge in [0, 0.05) is 30.5 Å². The molecule has 3 aromatic carbocycles. The van der Waals surface area contributed by atoms with E-state index in [9.17, 15) is 9.59 Å². The van der Waals surface area contributed by atoms with E-state index >= 15 is 0 Å². The molecule has 0 saturated heterocycles. The molecule has 0 aliphatic rings. The fourth-order valence-electron chi connectivity index (χ4n) is 3.08. The van der Waals surface area contributed by atoms with E-state index in [0.29, 0.717) is 23.6 Å². The first kappa shape index (κ1) is 21.9. The van der Waals surface area contributed by atoms with Crippen LogP contribution in [0.15, 0.2) is 78.9 Å². The maximum absolute atomic E-state index is 12.2. The van der Waals surface area contributed by atoms with Gasteiger partial charge >= 0.3 is 0 Å². The van der Waals surface area contributed by atoms with Crippen molar-refractivity contribution in [3.05, 3.63) is 90.0 Å². The van der Waals surface area contributed by atoms with Gasteiger partial charge in [0.25, 0.3) is 5.91 Å². The Bertz CT molecular complexity index is 987. The average Bonchev–Trinajstić information content (AvgIpc) is 2.79. The summed E-state index contributed by atoms with van der Waals surface area (Å²) in [5.74, 6) is 0.107. The predicted octanol–water partition coefficient (Wildman–Crippen LogP) is 4.09. The molecule has 0 atom stereocenters.